The summed E-state index contributed by atoms with van der Waals surface area (Å²) in [6.07, 6.45) is -1.52. The number of nitrogens with zero attached hydrogens (tertiary/aromatic N) is 2. The molecule has 0 aliphatic carbocycles. The van der Waals surface area contributed by atoms with Crippen molar-refractivity contribution in [1.82, 2.24) is 9.55 Å². The van der Waals surface area contributed by atoms with Crippen LogP contribution in [0.25, 0.3) is 0 Å². The molecule has 132 valence electrons. The SMILES string of the molecule is NC(=O)c1ncn([C@@H]2O[C@H](CO)[C@@H](O)[C@H]2O)c1C#CCCCCO. The van der Waals surface area contributed by atoms with Crippen LogP contribution in [-0.2, 0) is 4.74 Å². The number of unbranched alkanes of at least 4 members (excludes halogenated alkanes) is 2. The van der Waals surface area contributed by atoms with Crippen molar-refractivity contribution in [3.05, 3.63) is 17.7 Å². The van der Waals surface area contributed by atoms with Crippen LogP contribution >= 0.6 is 0 Å². The topological polar surface area (TPSA) is 151 Å². The van der Waals surface area contributed by atoms with Crippen molar-refractivity contribution in [1.29, 1.82) is 0 Å². The molecule has 2 rings (SSSR count). The Labute approximate surface area is 138 Å². The molecule has 1 aliphatic rings. The molecule has 1 aromatic heterocycles. The molecule has 1 amide bonds. The molecule has 0 spiro atoms. The number of hydrogen-bond donors (Lipinski definition) is 5. The first kappa shape index (κ1) is 18.4. The number of aromatic nitrogens is 2. The fourth-order valence-electron chi connectivity index (χ4n) is 2.44. The molecule has 0 saturated carbocycles. The summed E-state index contributed by atoms with van der Waals surface area (Å²) in [4.78, 5) is 15.4. The van der Waals surface area contributed by atoms with Gasteiger partial charge in [-0.25, -0.2) is 4.98 Å². The number of carbonyl (C=O) groups excluding carboxylic acids is 1. The van der Waals surface area contributed by atoms with Crippen LogP contribution in [0.5, 0.6) is 0 Å². The molecule has 24 heavy (non-hydrogen) atoms. The van der Waals surface area contributed by atoms with Gasteiger partial charge < -0.3 is 30.9 Å². The Balaban J connectivity index is 2.28. The fraction of sp³-hybridized carbons (Fsp3) is 0.600. The van der Waals surface area contributed by atoms with Crippen LogP contribution in [0.2, 0.25) is 0 Å². The number of aliphatic hydroxyl groups excluding tert-OH is 4. The van der Waals surface area contributed by atoms with Crippen molar-refractivity contribution in [2.24, 2.45) is 5.73 Å². The van der Waals surface area contributed by atoms with Crippen molar-refractivity contribution >= 4 is 5.91 Å². The summed E-state index contributed by atoms with van der Waals surface area (Å²) in [5.41, 5.74) is 5.39. The van der Waals surface area contributed by atoms with Gasteiger partial charge in [-0.05, 0) is 18.8 Å². The summed E-state index contributed by atoms with van der Waals surface area (Å²) < 4.78 is 6.74. The van der Waals surface area contributed by atoms with Crippen molar-refractivity contribution in [3.8, 4) is 11.8 Å². The second-order valence-electron chi connectivity index (χ2n) is 5.42. The standard InChI is InChI=1S/C15H21N3O6/c16-14(23)11-9(5-3-1-2-4-6-19)18(8-17-11)15-13(22)12(21)10(7-20)24-15/h8,10,12-13,15,19-22H,1-2,4,6-7H2,(H2,16,23)/t10-,12-,13-,15-/m1/s1. The summed E-state index contributed by atoms with van der Waals surface area (Å²) in [7, 11) is 0. The lowest BCUT2D eigenvalue weighted by molar-refractivity contribution is -0.0531. The van der Waals surface area contributed by atoms with Gasteiger partial charge in [-0.15, -0.1) is 0 Å². The molecule has 6 N–H and O–H groups in total. The lowest BCUT2D eigenvalue weighted by atomic mass is 10.1. The van der Waals surface area contributed by atoms with E-state index in [0.29, 0.717) is 19.3 Å². The van der Waals surface area contributed by atoms with Crippen LogP contribution in [0.4, 0.5) is 0 Å². The van der Waals surface area contributed by atoms with E-state index in [1.165, 1.54) is 10.9 Å². The normalized spacial score (nSPS) is 26.2. The Hall–Kier alpha value is -1.96. The van der Waals surface area contributed by atoms with E-state index in [1.807, 2.05) is 0 Å². The van der Waals surface area contributed by atoms with Gasteiger partial charge in [0.25, 0.3) is 5.91 Å². The largest absolute Gasteiger partial charge is 0.396 e. The van der Waals surface area contributed by atoms with Gasteiger partial charge in [0.15, 0.2) is 11.9 Å². The molecular formula is C15H21N3O6. The summed E-state index contributed by atoms with van der Waals surface area (Å²) in [5.74, 6) is 4.86. The van der Waals surface area contributed by atoms with E-state index in [1.54, 1.807) is 0 Å². The zero-order chi connectivity index (χ0) is 17.7. The predicted octanol–water partition coefficient (Wildman–Crippen LogP) is -1.89. The monoisotopic (exact) mass is 339 g/mol. The van der Waals surface area contributed by atoms with Gasteiger partial charge in [0, 0.05) is 13.0 Å². The van der Waals surface area contributed by atoms with Gasteiger partial charge in [0.05, 0.1) is 12.9 Å². The van der Waals surface area contributed by atoms with Crippen LogP contribution in [0, 0.1) is 11.8 Å². The molecule has 1 aromatic rings. The molecule has 0 bridgehead atoms. The Bertz CT molecular complexity index is 635. The van der Waals surface area contributed by atoms with E-state index in [0.717, 1.165) is 0 Å². The maximum Gasteiger partial charge on any atom is 0.270 e. The van der Waals surface area contributed by atoms with Gasteiger partial charge in [0.2, 0.25) is 0 Å². The highest BCUT2D eigenvalue weighted by Crippen LogP contribution is 2.30. The number of carbonyl (C=O) groups is 1. The molecule has 0 unspecified atom stereocenters. The van der Waals surface area contributed by atoms with Crippen LogP contribution in [0.15, 0.2) is 6.33 Å². The molecule has 1 aliphatic heterocycles. The van der Waals surface area contributed by atoms with E-state index < -0.39 is 37.1 Å². The Morgan fingerprint density at radius 1 is 1.33 bits per heavy atom. The third-order valence-electron chi connectivity index (χ3n) is 3.74. The molecule has 9 nitrogen and oxygen atoms in total. The first-order chi connectivity index (χ1) is 11.5. The number of nitrogens with two attached hydrogens (primary N) is 1. The predicted molar refractivity (Wildman–Crippen MR) is 81.6 cm³/mol. The van der Waals surface area contributed by atoms with E-state index in [2.05, 4.69) is 16.8 Å². The van der Waals surface area contributed by atoms with E-state index in [4.69, 9.17) is 20.7 Å². The molecule has 1 fully saturated rings. The molecule has 1 saturated heterocycles. The van der Waals surface area contributed by atoms with Crippen molar-refractivity contribution in [2.75, 3.05) is 13.2 Å². The number of imidazole rings is 1. The zero-order valence-electron chi connectivity index (χ0n) is 13.0. The number of ether oxygens (including phenoxy) is 1. The van der Waals surface area contributed by atoms with E-state index in [-0.39, 0.29) is 18.0 Å². The average molecular weight is 339 g/mol. The van der Waals surface area contributed by atoms with E-state index in [9.17, 15) is 15.0 Å². The zero-order valence-corrected chi connectivity index (χ0v) is 13.0. The minimum atomic E-state index is -1.31. The quantitative estimate of drug-likeness (QED) is 0.300. The third kappa shape index (κ3) is 3.75. The first-order valence-corrected chi connectivity index (χ1v) is 7.60. The Morgan fingerprint density at radius 3 is 2.67 bits per heavy atom. The van der Waals surface area contributed by atoms with Gasteiger partial charge >= 0.3 is 0 Å². The summed E-state index contributed by atoms with van der Waals surface area (Å²) >= 11 is 0. The number of aliphatic hydroxyl groups is 4. The number of amides is 1. The minimum absolute atomic E-state index is 0.0672. The molecule has 0 aromatic carbocycles. The van der Waals surface area contributed by atoms with Crippen molar-refractivity contribution in [2.45, 2.75) is 43.8 Å². The molecular weight excluding hydrogens is 318 g/mol. The highest BCUT2D eigenvalue weighted by Gasteiger charge is 2.44. The Kier molecular flexibility index (Phi) is 6.30. The highest BCUT2D eigenvalue weighted by molar-refractivity contribution is 5.93. The van der Waals surface area contributed by atoms with Gasteiger partial charge in [-0.2, -0.15) is 0 Å². The second kappa shape index (κ2) is 8.23. The smallest absolute Gasteiger partial charge is 0.270 e. The fourth-order valence-corrected chi connectivity index (χ4v) is 2.44. The first-order valence-electron chi connectivity index (χ1n) is 7.60. The molecule has 9 heteroatoms. The summed E-state index contributed by atoms with van der Waals surface area (Å²) in [5, 5.41) is 37.9. The number of rotatable bonds is 6. The molecule has 4 atom stereocenters. The molecule has 0 radical (unpaired) electrons. The van der Waals surface area contributed by atoms with Gasteiger partial charge in [-0.3, -0.25) is 9.36 Å². The van der Waals surface area contributed by atoms with Gasteiger partial charge in [-0.1, -0.05) is 5.92 Å². The van der Waals surface area contributed by atoms with Crippen LogP contribution in [0.3, 0.4) is 0 Å². The second-order valence-corrected chi connectivity index (χ2v) is 5.42. The maximum atomic E-state index is 11.5. The van der Waals surface area contributed by atoms with Crippen LogP contribution in [-0.4, -0.2) is 67.4 Å². The van der Waals surface area contributed by atoms with Crippen LogP contribution < -0.4 is 5.73 Å². The van der Waals surface area contributed by atoms with Crippen molar-refractivity contribution in [3.63, 3.8) is 0 Å². The van der Waals surface area contributed by atoms with Gasteiger partial charge in [0.1, 0.15) is 24.0 Å². The Morgan fingerprint density at radius 2 is 2.08 bits per heavy atom. The van der Waals surface area contributed by atoms with Crippen LogP contribution in [0.1, 0.15) is 41.7 Å². The summed E-state index contributed by atoms with van der Waals surface area (Å²) in [6, 6.07) is 0. The lowest BCUT2D eigenvalue weighted by Crippen LogP contribution is -2.33. The minimum Gasteiger partial charge on any atom is -0.396 e. The number of hydrogen-bond acceptors (Lipinski definition) is 7. The highest BCUT2D eigenvalue weighted by atomic mass is 16.6. The number of primary amides is 1. The van der Waals surface area contributed by atoms with E-state index >= 15 is 0 Å². The summed E-state index contributed by atoms with van der Waals surface area (Å²) in [6.45, 7) is -0.386. The van der Waals surface area contributed by atoms with Crippen molar-refractivity contribution < 1.29 is 30.0 Å². The molecule has 2 heterocycles. The maximum absolute atomic E-state index is 11.5. The lowest BCUT2D eigenvalue weighted by Gasteiger charge is -2.17. The third-order valence-corrected chi connectivity index (χ3v) is 3.74. The average Bonchev–Trinajstić information content (AvgIpc) is 3.09.